The SMILES string of the molecule is COC(=O)[C@@H]1C[C@H]1CC[P+](c1ccccc1)(c1ccccc1)c1ccccc1.[Br-]. The van der Waals surface area contributed by atoms with Gasteiger partial charge in [0.1, 0.15) is 23.2 Å². The molecule has 3 aromatic carbocycles. The highest BCUT2D eigenvalue weighted by atomic mass is 79.9. The molecule has 0 spiro atoms. The van der Waals surface area contributed by atoms with Crippen LogP contribution >= 0.6 is 7.26 Å². The van der Waals surface area contributed by atoms with E-state index in [0.29, 0.717) is 5.92 Å². The van der Waals surface area contributed by atoms with E-state index in [2.05, 4.69) is 91.0 Å². The molecule has 0 heterocycles. The Morgan fingerprint density at radius 3 is 1.62 bits per heavy atom. The van der Waals surface area contributed by atoms with Gasteiger partial charge in [0.25, 0.3) is 0 Å². The average molecular weight is 469 g/mol. The molecule has 3 aromatic rings. The van der Waals surface area contributed by atoms with E-state index in [1.165, 1.54) is 23.0 Å². The monoisotopic (exact) mass is 468 g/mol. The third-order valence-electron chi connectivity index (χ3n) is 5.85. The Bertz CT molecular complexity index is 819. The first kappa shape index (κ1) is 21.7. The third-order valence-corrected chi connectivity index (χ3v) is 10.3. The molecular weight excluding hydrogens is 443 g/mol. The van der Waals surface area contributed by atoms with E-state index >= 15 is 0 Å². The van der Waals surface area contributed by atoms with E-state index in [-0.39, 0.29) is 28.9 Å². The van der Waals surface area contributed by atoms with Gasteiger partial charge in [-0.15, -0.1) is 0 Å². The number of rotatable bonds is 7. The van der Waals surface area contributed by atoms with Crippen molar-refractivity contribution in [3.05, 3.63) is 91.0 Å². The maximum atomic E-state index is 11.9. The van der Waals surface area contributed by atoms with Gasteiger partial charge in [-0.2, -0.15) is 0 Å². The molecule has 0 aromatic heterocycles. The summed E-state index contributed by atoms with van der Waals surface area (Å²) in [4.78, 5) is 11.9. The minimum absolute atomic E-state index is 0. The van der Waals surface area contributed by atoms with Crippen LogP contribution in [-0.2, 0) is 9.53 Å². The van der Waals surface area contributed by atoms with Gasteiger partial charge in [0.05, 0.1) is 19.2 Å². The second-order valence-electron chi connectivity index (χ2n) is 7.45. The van der Waals surface area contributed by atoms with E-state index in [4.69, 9.17) is 4.74 Å². The van der Waals surface area contributed by atoms with Crippen molar-refractivity contribution in [3.8, 4) is 0 Å². The summed E-state index contributed by atoms with van der Waals surface area (Å²) in [7, 11) is -0.291. The Kier molecular flexibility index (Phi) is 7.27. The molecule has 2 atom stereocenters. The van der Waals surface area contributed by atoms with Crippen LogP contribution in [0.1, 0.15) is 12.8 Å². The molecule has 0 saturated heterocycles. The van der Waals surface area contributed by atoms with Gasteiger partial charge >= 0.3 is 5.97 Å². The van der Waals surface area contributed by atoms with Crippen LogP contribution < -0.4 is 32.9 Å². The van der Waals surface area contributed by atoms with Crippen LogP contribution in [0.2, 0.25) is 0 Å². The Hall–Kier alpha value is -1.96. The second-order valence-corrected chi connectivity index (χ2v) is 11.1. The Labute approximate surface area is 184 Å². The molecule has 1 aliphatic rings. The molecule has 0 radical (unpaired) electrons. The third kappa shape index (κ3) is 4.47. The van der Waals surface area contributed by atoms with Crippen molar-refractivity contribution in [3.63, 3.8) is 0 Å². The summed E-state index contributed by atoms with van der Waals surface area (Å²) in [5.41, 5.74) is 0. The number of carbonyl (C=O) groups excluding carboxylic acids is 1. The van der Waals surface area contributed by atoms with Gasteiger partial charge in [-0.25, -0.2) is 0 Å². The highest BCUT2D eigenvalue weighted by Gasteiger charge is 2.49. The molecule has 4 heteroatoms. The first-order chi connectivity index (χ1) is 13.8. The van der Waals surface area contributed by atoms with Crippen molar-refractivity contribution >= 4 is 29.1 Å². The summed E-state index contributed by atoms with van der Waals surface area (Å²) in [5, 5.41) is 4.22. The number of halogens is 1. The predicted molar refractivity (Wildman–Crippen MR) is 118 cm³/mol. The zero-order chi connectivity index (χ0) is 19.4. The maximum absolute atomic E-state index is 11.9. The molecule has 29 heavy (non-hydrogen) atoms. The van der Waals surface area contributed by atoms with E-state index in [1.807, 2.05) is 0 Å². The molecule has 150 valence electrons. The minimum atomic E-state index is -1.78. The number of ether oxygens (including phenoxy) is 1. The van der Waals surface area contributed by atoms with Crippen molar-refractivity contribution in [1.82, 2.24) is 0 Å². The second kappa shape index (κ2) is 9.69. The van der Waals surface area contributed by atoms with Crippen molar-refractivity contribution < 1.29 is 26.5 Å². The van der Waals surface area contributed by atoms with Gasteiger partial charge in [0.15, 0.2) is 0 Å². The number of esters is 1. The predicted octanol–water partition coefficient (Wildman–Crippen LogP) is 1.18. The van der Waals surface area contributed by atoms with Crippen LogP contribution in [0.4, 0.5) is 0 Å². The van der Waals surface area contributed by atoms with Crippen LogP contribution in [0.5, 0.6) is 0 Å². The summed E-state index contributed by atoms with van der Waals surface area (Å²) in [6, 6.07) is 32.8. The first-order valence-corrected chi connectivity index (χ1v) is 11.9. The lowest BCUT2D eigenvalue weighted by atomic mass is 10.2. The Balaban J connectivity index is 0.00000240. The van der Waals surface area contributed by atoms with E-state index in [1.54, 1.807) is 0 Å². The highest BCUT2D eigenvalue weighted by Crippen LogP contribution is 2.58. The molecule has 1 fully saturated rings. The van der Waals surface area contributed by atoms with Crippen LogP contribution in [0, 0.1) is 11.8 Å². The van der Waals surface area contributed by atoms with E-state index in [0.717, 1.165) is 19.0 Å². The number of hydrogen-bond acceptors (Lipinski definition) is 2. The largest absolute Gasteiger partial charge is 1.00 e. The molecule has 0 N–H and O–H groups in total. The number of hydrogen-bond donors (Lipinski definition) is 0. The maximum Gasteiger partial charge on any atom is 0.308 e. The smallest absolute Gasteiger partial charge is 0.308 e. The van der Waals surface area contributed by atoms with Crippen molar-refractivity contribution in [2.45, 2.75) is 12.8 Å². The van der Waals surface area contributed by atoms with Gasteiger partial charge in [-0.1, -0.05) is 54.6 Å². The van der Waals surface area contributed by atoms with Crippen LogP contribution in [0.3, 0.4) is 0 Å². The lowest BCUT2D eigenvalue weighted by Gasteiger charge is -2.27. The summed E-state index contributed by atoms with van der Waals surface area (Å²) >= 11 is 0. The number of benzene rings is 3. The quantitative estimate of drug-likeness (QED) is 0.384. The molecule has 0 amide bonds. The first-order valence-electron chi connectivity index (χ1n) is 9.88. The molecule has 0 bridgehead atoms. The Morgan fingerprint density at radius 1 is 0.828 bits per heavy atom. The molecule has 4 rings (SSSR count). The standard InChI is InChI=1S/C25H26O2P.BrH/c1-27-25(26)24-19-20(24)17-18-28(21-11-5-2-6-12-21,22-13-7-3-8-14-22)23-15-9-4-10-16-23;/h2-16,20,24H,17-19H2,1H3;1H/q+1;/p-1/t20-,24-;/m1./s1. The summed E-state index contributed by atoms with van der Waals surface area (Å²) in [6.07, 6.45) is 3.08. The zero-order valence-corrected chi connectivity index (χ0v) is 19.1. The lowest BCUT2D eigenvalue weighted by Crippen LogP contribution is -3.00. The fraction of sp³-hybridized carbons (Fsp3) is 0.240. The van der Waals surface area contributed by atoms with Crippen LogP contribution in [0.25, 0.3) is 0 Å². The molecule has 1 saturated carbocycles. The van der Waals surface area contributed by atoms with Gasteiger partial charge in [0.2, 0.25) is 0 Å². The highest BCUT2D eigenvalue weighted by molar-refractivity contribution is 7.95. The van der Waals surface area contributed by atoms with Crippen molar-refractivity contribution in [2.75, 3.05) is 13.3 Å². The topological polar surface area (TPSA) is 26.3 Å². The van der Waals surface area contributed by atoms with Crippen molar-refractivity contribution in [1.29, 1.82) is 0 Å². The summed E-state index contributed by atoms with van der Waals surface area (Å²) in [5.74, 6) is 0.491. The molecule has 2 nitrogen and oxygen atoms in total. The van der Waals surface area contributed by atoms with Crippen LogP contribution in [-0.4, -0.2) is 19.2 Å². The van der Waals surface area contributed by atoms with Gasteiger partial charge < -0.3 is 21.7 Å². The van der Waals surface area contributed by atoms with E-state index in [9.17, 15) is 4.79 Å². The minimum Gasteiger partial charge on any atom is -1.00 e. The van der Waals surface area contributed by atoms with Gasteiger partial charge in [-0.3, -0.25) is 4.79 Å². The molecule has 1 aliphatic carbocycles. The molecule has 0 unspecified atom stereocenters. The molecular formula is C25H26BrO2P. The fourth-order valence-electron chi connectivity index (χ4n) is 4.25. The zero-order valence-electron chi connectivity index (χ0n) is 16.6. The average Bonchev–Trinajstić information content (AvgIpc) is 3.56. The normalized spacial score (nSPS) is 17.8. The fourth-order valence-corrected chi connectivity index (χ4v) is 8.68. The van der Waals surface area contributed by atoms with Gasteiger partial charge in [-0.05, 0) is 55.2 Å². The van der Waals surface area contributed by atoms with Gasteiger partial charge in [0, 0.05) is 0 Å². The number of methoxy groups -OCH3 is 1. The Morgan fingerprint density at radius 2 is 1.24 bits per heavy atom. The van der Waals surface area contributed by atoms with Crippen LogP contribution in [0.15, 0.2) is 91.0 Å². The number of carbonyl (C=O) groups is 1. The van der Waals surface area contributed by atoms with Crippen molar-refractivity contribution in [2.24, 2.45) is 11.8 Å². The summed E-state index contributed by atoms with van der Waals surface area (Å²) in [6.45, 7) is 0. The van der Waals surface area contributed by atoms with E-state index < -0.39 is 7.26 Å². The summed E-state index contributed by atoms with van der Waals surface area (Å²) < 4.78 is 4.96. The molecule has 0 aliphatic heterocycles. The lowest BCUT2D eigenvalue weighted by molar-refractivity contribution is -0.142.